The summed E-state index contributed by atoms with van der Waals surface area (Å²) in [6.45, 7) is 1.96. The molecule has 4 nitrogen and oxygen atoms in total. The molecule has 0 fully saturated rings. The van der Waals surface area contributed by atoms with Crippen LogP contribution < -0.4 is 11.3 Å². The van der Waals surface area contributed by atoms with Crippen LogP contribution in [-0.2, 0) is 6.42 Å². The van der Waals surface area contributed by atoms with Gasteiger partial charge in [0.15, 0.2) is 5.82 Å². The zero-order valence-electron chi connectivity index (χ0n) is 12.5. The Labute approximate surface area is 130 Å². The Morgan fingerprint density at radius 1 is 0.909 bits per heavy atom. The van der Waals surface area contributed by atoms with E-state index in [1.54, 1.807) is 0 Å². The van der Waals surface area contributed by atoms with Crippen molar-refractivity contribution in [2.75, 3.05) is 5.43 Å². The lowest BCUT2D eigenvalue weighted by atomic mass is 10.0. The lowest BCUT2D eigenvalue weighted by molar-refractivity contribution is 1.01. The van der Waals surface area contributed by atoms with Gasteiger partial charge in [0.2, 0.25) is 0 Å². The number of hydrogen-bond acceptors (Lipinski definition) is 4. The number of aromatic nitrogens is 2. The van der Waals surface area contributed by atoms with Gasteiger partial charge >= 0.3 is 0 Å². The van der Waals surface area contributed by atoms with E-state index in [0.717, 1.165) is 23.2 Å². The topological polar surface area (TPSA) is 63.8 Å². The highest BCUT2D eigenvalue weighted by atomic mass is 15.3. The van der Waals surface area contributed by atoms with Gasteiger partial charge in [-0.25, -0.2) is 5.84 Å². The van der Waals surface area contributed by atoms with Crippen LogP contribution in [0, 0.1) is 6.92 Å². The molecule has 3 rings (SSSR count). The number of hydrazine groups is 1. The Bertz CT molecular complexity index is 752. The highest BCUT2D eigenvalue weighted by molar-refractivity contribution is 5.61. The molecule has 2 aromatic carbocycles. The van der Waals surface area contributed by atoms with Crippen LogP contribution >= 0.6 is 0 Å². The van der Waals surface area contributed by atoms with E-state index in [-0.39, 0.29) is 0 Å². The Balaban J connectivity index is 1.81. The van der Waals surface area contributed by atoms with Gasteiger partial charge in [0.1, 0.15) is 0 Å². The maximum Gasteiger partial charge on any atom is 0.165 e. The average Bonchev–Trinajstić information content (AvgIpc) is 2.56. The second kappa shape index (κ2) is 6.37. The van der Waals surface area contributed by atoms with E-state index >= 15 is 0 Å². The molecule has 0 bridgehead atoms. The van der Waals surface area contributed by atoms with Crippen LogP contribution in [0.3, 0.4) is 0 Å². The zero-order chi connectivity index (χ0) is 15.4. The number of nitrogens with zero attached hydrogens (tertiary/aromatic N) is 2. The van der Waals surface area contributed by atoms with Crippen LogP contribution in [0.4, 0.5) is 5.82 Å². The van der Waals surface area contributed by atoms with Crippen LogP contribution in [0.15, 0.2) is 60.7 Å². The van der Waals surface area contributed by atoms with Crippen molar-refractivity contribution in [2.45, 2.75) is 13.3 Å². The number of nitrogens with one attached hydrogen (secondary N) is 1. The van der Waals surface area contributed by atoms with Crippen LogP contribution in [-0.4, -0.2) is 10.2 Å². The van der Waals surface area contributed by atoms with E-state index in [4.69, 9.17) is 5.84 Å². The minimum absolute atomic E-state index is 0.601. The van der Waals surface area contributed by atoms with E-state index in [0.29, 0.717) is 5.82 Å². The Morgan fingerprint density at radius 3 is 2.23 bits per heavy atom. The van der Waals surface area contributed by atoms with Crippen molar-refractivity contribution in [1.82, 2.24) is 10.2 Å². The predicted molar refractivity (Wildman–Crippen MR) is 89.3 cm³/mol. The Morgan fingerprint density at radius 2 is 1.59 bits per heavy atom. The van der Waals surface area contributed by atoms with Gasteiger partial charge in [-0.2, -0.15) is 0 Å². The molecule has 0 unspecified atom stereocenters. The summed E-state index contributed by atoms with van der Waals surface area (Å²) in [6, 6.07) is 20.9. The maximum atomic E-state index is 5.38. The highest BCUT2D eigenvalue weighted by Crippen LogP contribution is 2.21. The molecular formula is C18H18N4. The minimum atomic E-state index is 0.601. The quantitative estimate of drug-likeness (QED) is 0.571. The van der Waals surface area contributed by atoms with Crippen LogP contribution in [0.1, 0.15) is 16.7 Å². The number of aryl methyl sites for hydroxylation is 1. The fourth-order valence-corrected chi connectivity index (χ4v) is 2.39. The molecule has 0 radical (unpaired) electrons. The first-order valence-corrected chi connectivity index (χ1v) is 7.20. The van der Waals surface area contributed by atoms with Crippen molar-refractivity contribution in [3.8, 4) is 11.3 Å². The fourth-order valence-electron chi connectivity index (χ4n) is 2.39. The lowest BCUT2D eigenvalue weighted by Gasteiger charge is -2.07. The molecule has 3 N–H and O–H groups in total. The third-order valence-corrected chi connectivity index (χ3v) is 3.62. The normalized spacial score (nSPS) is 10.5. The van der Waals surface area contributed by atoms with E-state index in [1.807, 2.05) is 19.1 Å². The summed E-state index contributed by atoms with van der Waals surface area (Å²) in [4.78, 5) is 0. The summed E-state index contributed by atoms with van der Waals surface area (Å²) < 4.78 is 0. The predicted octanol–water partition coefficient (Wildman–Crippen LogP) is 3.33. The van der Waals surface area contributed by atoms with E-state index in [2.05, 4.69) is 64.2 Å². The molecule has 0 saturated carbocycles. The Hall–Kier alpha value is -2.72. The molecule has 4 heteroatoms. The van der Waals surface area contributed by atoms with Crippen molar-refractivity contribution >= 4 is 5.82 Å². The van der Waals surface area contributed by atoms with Crippen LogP contribution in [0.5, 0.6) is 0 Å². The van der Waals surface area contributed by atoms with E-state index < -0.39 is 0 Å². The van der Waals surface area contributed by atoms with Gasteiger partial charge in [-0.05, 0) is 36.1 Å². The summed E-state index contributed by atoms with van der Waals surface area (Å²) in [5.41, 5.74) is 8.00. The molecule has 0 atom stereocenters. The third-order valence-electron chi connectivity index (χ3n) is 3.62. The fraction of sp³-hybridized carbons (Fsp3) is 0.111. The van der Waals surface area contributed by atoms with Crippen molar-refractivity contribution in [3.05, 3.63) is 77.4 Å². The molecular weight excluding hydrogens is 272 g/mol. The average molecular weight is 290 g/mol. The molecule has 3 aromatic rings. The molecule has 110 valence electrons. The van der Waals surface area contributed by atoms with Gasteiger partial charge in [-0.1, -0.05) is 54.6 Å². The maximum absolute atomic E-state index is 5.38. The standard InChI is InChI=1S/C18H18N4/c1-13-11-17(21-22-18(13)20-19)16-9-7-15(8-10-16)12-14-5-3-2-4-6-14/h2-11H,12,19H2,1H3,(H,20,22). The van der Waals surface area contributed by atoms with Crippen molar-refractivity contribution < 1.29 is 0 Å². The van der Waals surface area contributed by atoms with Gasteiger partial charge in [0, 0.05) is 5.56 Å². The van der Waals surface area contributed by atoms with E-state index in [1.165, 1.54) is 11.1 Å². The summed E-state index contributed by atoms with van der Waals surface area (Å²) in [5.74, 6) is 5.98. The number of nitrogen functional groups attached to an aromatic ring is 1. The van der Waals surface area contributed by atoms with Crippen molar-refractivity contribution in [2.24, 2.45) is 5.84 Å². The molecule has 22 heavy (non-hydrogen) atoms. The number of hydrogen-bond donors (Lipinski definition) is 2. The second-order valence-electron chi connectivity index (χ2n) is 5.26. The smallest absolute Gasteiger partial charge is 0.165 e. The first-order chi connectivity index (χ1) is 10.8. The number of rotatable bonds is 4. The largest absolute Gasteiger partial charge is 0.307 e. The zero-order valence-corrected chi connectivity index (χ0v) is 12.5. The molecule has 1 aromatic heterocycles. The number of anilines is 1. The van der Waals surface area contributed by atoms with Gasteiger partial charge in [-0.15, -0.1) is 10.2 Å². The Kier molecular flexibility index (Phi) is 4.12. The lowest BCUT2D eigenvalue weighted by Crippen LogP contribution is -2.11. The van der Waals surface area contributed by atoms with Crippen molar-refractivity contribution in [1.29, 1.82) is 0 Å². The van der Waals surface area contributed by atoms with Crippen LogP contribution in [0.2, 0.25) is 0 Å². The van der Waals surface area contributed by atoms with Gasteiger partial charge < -0.3 is 5.43 Å². The number of benzene rings is 2. The monoisotopic (exact) mass is 290 g/mol. The second-order valence-corrected chi connectivity index (χ2v) is 5.26. The molecule has 0 aliphatic carbocycles. The first-order valence-electron chi connectivity index (χ1n) is 7.20. The van der Waals surface area contributed by atoms with Gasteiger partial charge in [0.25, 0.3) is 0 Å². The molecule has 0 aliphatic rings. The van der Waals surface area contributed by atoms with E-state index in [9.17, 15) is 0 Å². The molecule has 1 heterocycles. The summed E-state index contributed by atoms with van der Waals surface area (Å²) in [7, 11) is 0. The molecule has 0 aliphatic heterocycles. The van der Waals surface area contributed by atoms with Crippen molar-refractivity contribution in [3.63, 3.8) is 0 Å². The van der Waals surface area contributed by atoms with Gasteiger partial charge in [0.05, 0.1) is 5.69 Å². The molecule has 0 saturated heterocycles. The molecule has 0 amide bonds. The highest BCUT2D eigenvalue weighted by Gasteiger charge is 2.05. The molecule has 0 spiro atoms. The minimum Gasteiger partial charge on any atom is -0.307 e. The first kappa shape index (κ1) is 14.2. The summed E-state index contributed by atoms with van der Waals surface area (Å²) in [5, 5.41) is 8.28. The number of nitrogens with two attached hydrogens (primary N) is 1. The summed E-state index contributed by atoms with van der Waals surface area (Å²) in [6.07, 6.45) is 0.932. The van der Waals surface area contributed by atoms with Crippen LogP contribution in [0.25, 0.3) is 11.3 Å². The summed E-state index contributed by atoms with van der Waals surface area (Å²) >= 11 is 0. The SMILES string of the molecule is Cc1cc(-c2ccc(Cc3ccccc3)cc2)nnc1NN. The van der Waals surface area contributed by atoms with Gasteiger partial charge in [-0.3, -0.25) is 0 Å². The third kappa shape index (κ3) is 3.13.